The Labute approximate surface area is 265 Å². The fourth-order valence-electron chi connectivity index (χ4n) is 7.46. The van der Waals surface area contributed by atoms with Crippen LogP contribution < -0.4 is 10.6 Å². The second-order valence-electron chi connectivity index (χ2n) is 14.6. The number of nitrogens with one attached hydrogen (secondary N) is 2. The first kappa shape index (κ1) is 33.3. The molecule has 9 nitrogen and oxygen atoms in total. The molecule has 5 rings (SSSR count). The highest BCUT2D eigenvalue weighted by molar-refractivity contribution is 5.85. The Bertz CT molecular complexity index is 1310. The molecular weight excluding hydrogens is 578 g/mol. The SMILES string of the molecule is Cc1nnc(C(C)C)n1C1CC2CCC(C1)N2CC[C@H](NC(=O)C1CCC(F)(F)CC1)c1ccc(NC(=O)OC(C)(C)C)cc1. The van der Waals surface area contributed by atoms with Crippen LogP contribution in [0.25, 0.3) is 0 Å². The Morgan fingerprint density at radius 1 is 1.00 bits per heavy atom. The molecule has 1 saturated carbocycles. The summed E-state index contributed by atoms with van der Waals surface area (Å²) in [6.07, 6.45) is 4.47. The van der Waals surface area contributed by atoms with E-state index >= 15 is 0 Å². The summed E-state index contributed by atoms with van der Waals surface area (Å²) in [5.74, 6) is -0.901. The number of hydrogen-bond acceptors (Lipinski definition) is 6. The van der Waals surface area contributed by atoms with Gasteiger partial charge in [0.05, 0.1) is 6.04 Å². The van der Waals surface area contributed by atoms with Crippen LogP contribution in [-0.4, -0.2) is 61.8 Å². The van der Waals surface area contributed by atoms with Crippen LogP contribution >= 0.6 is 0 Å². The number of amides is 2. The van der Waals surface area contributed by atoms with Crippen molar-refractivity contribution >= 4 is 17.7 Å². The number of carbonyl (C=O) groups is 2. The lowest BCUT2D eigenvalue weighted by molar-refractivity contribution is -0.130. The van der Waals surface area contributed by atoms with Crippen molar-refractivity contribution < 1.29 is 23.1 Å². The van der Waals surface area contributed by atoms with Crippen LogP contribution in [0.5, 0.6) is 0 Å². The van der Waals surface area contributed by atoms with E-state index in [0.29, 0.717) is 36.2 Å². The number of aromatic nitrogens is 3. The summed E-state index contributed by atoms with van der Waals surface area (Å²) >= 11 is 0. The van der Waals surface area contributed by atoms with Crippen LogP contribution in [0.15, 0.2) is 24.3 Å². The van der Waals surface area contributed by atoms with Gasteiger partial charge in [-0.2, -0.15) is 0 Å². The summed E-state index contributed by atoms with van der Waals surface area (Å²) in [5.41, 5.74) is 0.905. The number of alkyl halides is 2. The third-order valence-electron chi connectivity index (χ3n) is 9.67. The Kier molecular flexibility index (Phi) is 9.87. The molecule has 3 atom stereocenters. The molecule has 0 radical (unpaired) electrons. The molecule has 2 bridgehead atoms. The van der Waals surface area contributed by atoms with Gasteiger partial charge in [0.25, 0.3) is 0 Å². The van der Waals surface area contributed by atoms with Gasteiger partial charge < -0.3 is 14.6 Å². The maximum absolute atomic E-state index is 13.8. The Morgan fingerprint density at radius 3 is 2.20 bits per heavy atom. The van der Waals surface area contributed by atoms with Crippen molar-refractivity contribution in [2.24, 2.45) is 5.92 Å². The van der Waals surface area contributed by atoms with Crippen molar-refractivity contribution in [1.29, 1.82) is 0 Å². The number of anilines is 1. The molecule has 2 unspecified atom stereocenters. The third-order valence-corrected chi connectivity index (χ3v) is 9.67. The molecule has 2 N–H and O–H groups in total. The van der Waals surface area contributed by atoms with Crippen LogP contribution in [0.2, 0.25) is 0 Å². The summed E-state index contributed by atoms with van der Waals surface area (Å²) in [5, 5.41) is 14.9. The van der Waals surface area contributed by atoms with Crippen molar-refractivity contribution in [3.05, 3.63) is 41.5 Å². The molecule has 0 spiro atoms. The maximum atomic E-state index is 13.8. The van der Waals surface area contributed by atoms with Crippen LogP contribution in [0.1, 0.15) is 128 Å². The third kappa shape index (κ3) is 8.20. The Balaban J connectivity index is 1.27. The summed E-state index contributed by atoms with van der Waals surface area (Å²) in [4.78, 5) is 28.2. The molecule has 11 heteroatoms. The van der Waals surface area contributed by atoms with Gasteiger partial charge in [-0.1, -0.05) is 26.0 Å². The van der Waals surface area contributed by atoms with Crippen molar-refractivity contribution in [2.75, 3.05) is 11.9 Å². The normalized spacial score (nSPS) is 24.4. The molecule has 1 aromatic carbocycles. The predicted molar refractivity (Wildman–Crippen MR) is 169 cm³/mol. The summed E-state index contributed by atoms with van der Waals surface area (Å²) < 4.78 is 35.3. The quantitative estimate of drug-likeness (QED) is 0.302. The van der Waals surface area contributed by atoms with Gasteiger partial charge >= 0.3 is 6.09 Å². The Hall–Kier alpha value is -3.08. The summed E-state index contributed by atoms with van der Waals surface area (Å²) in [6.45, 7) is 12.6. The zero-order valence-corrected chi connectivity index (χ0v) is 27.6. The van der Waals surface area contributed by atoms with Gasteiger partial charge in [-0.05, 0) is 90.3 Å². The van der Waals surface area contributed by atoms with E-state index in [9.17, 15) is 18.4 Å². The molecule has 3 fully saturated rings. The van der Waals surface area contributed by atoms with E-state index in [-0.39, 0.29) is 37.6 Å². The molecule has 2 amide bonds. The lowest BCUT2D eigenvalue weighted by atomic mass is 9.86. The zero-order valence-electron chi connectivity index (χ0n) is 27.6. The average Bonchev–Trinajstić information content (AvgIpc) is 3.45. The minimum absolute atomic E-state index is 0.155. The largest absolute Gasteiger partial charge is 0.444 e. The van der Waals surface area contributed by atoms with E-state index in [2.05, 4.69) is 44.1 Å². The Morgan fingerprint density at radius 2 is 1.62 bits per heavy atom. The molecule has 3 heterocycles. The highest BCUT2D eigenvalue weighted by Crippen LogP contribution is 2.43. The monoisotopic (exact) mass is 628 g/mol. The maximum Gasteiger partial charge on any atom is 0.412 e. The first-order chi connectivity index (χ1) is 21.2. The number of fused-ring (bicyclic) bond motifs is 2. The number of nitrogens with zero attached hydrogens (tertiary/aromatic N) is 4. The number of ether oxygens (including phenoxy) is 1. The van der Waals surface area contributed by atoms with Crippen molar-refractivity contribution in [2.45, 2.75) is 141 Å². The lowest BCUT2D eigenvalue weighted by Crippen LogP contribution is -2.45. The molecule has 2 saturated heterocycles. The highest BCUT2D eigenvalue weighted by Gasteiger charge is 2.43. The van der Waals surface area contributed by atoms with Gasteiger partial charge in [-0.3, -0.25) is 15.0 Å². The molecule has 3 aliphatic rings. The number of carbonyl (C=O) groups excluding carboxylic acids is 2. The van der Waals surface area contributed by atoms with Gasteiger partial charge in [0.15, 0.2) is 0 Å². The van der Waals surface area contributed by atoms with Gasteiger partial charge in [0, 0.05) is 55.0 Å². The number of hydrogen-bond donors (Lipinski definition) is 2. The van der Waals surface area contributed by atoms with Crippen LogP contribution in [0.3, 0.4) is 0 Å². The number of aryl methyl sites for hydroxylation is 1. The minimum Gasteiger partial charge on any atom is -0.444 e. The molecule has 45 heavy (non-hydrogen) atoms. The van der Waals surface area contributed by atoms with Crippen LogP contribution in [0, 0.1) is 12.8 Å². The van der Waals surface area contributed by atoms with Crippen LogP contribution in [0.4, 0.5) is 19.3 Å². The molecule has 2 aromatic rings. The van der Waals surface area contributed by atoms with Gasteiger partial charge in [0.2, 0.25) is 11.8 Å². The van der Waals surface area contributed by atoms with Gasteiger partial charge in [-0.15, -0.1) is 10.2 Å². The second-order valence-corrected chi connectivity index (χ2v) is 14.6. The first-order valence-electron chi connectivity index (χ1n) is 16.6. The number of rotatable bonds is 9. The van der Waals surface area contributed by atoms with E-state index in [1.54, 1.807) is 0 Å². The van der Waals surface area contributed by atoms with Crippen molar-refractivity contribution in [3.8, 4) is 0 Å². The van der Waals surface area contributed by atoms with E-state index < -0.39 is 23.5 Å². The van der Waals surface area contributed by atoms with Crippen molar-refractivity contribution in [1.82, 2.24) is 25.0 Å². The van der Waals surface area contributed by atoms with E-state index in [0.717, 1.165) is 49.4 Å². The second kappa shape index (κ2) is 13.3. The fourth-order valence-corrected chi connectivity index (χ4v) is 7.46. The first-order valence-corrected chi connectivity index (χ1v) is 16.6. The molecule has 1 aliphatic carbocycles. The van der Waals surface area contributed by atoms with E-state index in [1.165, 1.54) is 0 Å². The van der Waals surface area contributed by atoms with Gasteiger partial charge in [0.1, 0.15) is 17.2 Å². The molecular formula is C34H50F2N6O3. The molecule has 2 aliphatic heterocycles. The number of benzene rings is 1. The lowest BCUT2D eigenvalue weighted by Gasteiger charge is -2.40. The summed E-state index contributed by atoms with van der Waals surface area (Å²) in [6, 6.07) is 8.45. The standard InChI is InChI=1S/C34H50F2N6O3/c1-21(2)30-40-39-22(3)42(30)28-19-26-11-12-27(20-28)41(26)18-15-29(38-31(43)24-13-16-34(35,36)17-14-24)23-7-9-25(10-8-23)37-32(44)45-33(4,5)6/h7-10,21,24,26-29H,11-20H2,1-6H3,(H,37,44)(H,38,43)/t26?,27?,28?,29-/m0/s1. The van der Waals surface area contributed by atoms with Gasteiger partial charge in [-0.25, -0.2) is 13.6 Å². The number of piperidine rings is 1. The number of halogens is 2. The molecule has 248 valence electrons. The average molecular weight is 629 g/mol. The topological polar surface area (TPSA) is 101 Å². The van der Waals surface area contributed by atoms with E-state index in [1.807, 2.05) is 52.0 Å². The van der Waals surface area contributed by atoms with Crippen molar-refractivity contribution in [3.63, 3.8) is 0 Å². The molecule has 1 aromatic heterocycles. The van der Waals surface area contributed by atoms with E-state index in [4.69, 9.17) is 4.74 Å². The summed E-state index contributed by atoms with van der Waals surface area (Å²) in [7, 11) is 0. The minimum atomic E-state index is -2.68. The fraction of sp³-hybridized carbons (Fsp3) is 0.706. The highest BCUT2D eigenvalue weighted by atomic mass is 19.3. The zero-order chi connectivity index (χ0) is 32.5. The smallest absolute Gasteiger partial charge is 0.412 e. The predicted octanol–water partition coefficient (Wildman–Crippen LogP) is 7.30. The van der Waals surface area contributed by atoms with Crippen LogP contribution in [-0.2, 0) is 9.53 Å².